The van der Waals surface area contributed by atoms with Gasteiger partial charge in [0.1, 0.15) is 18.1 Å². The molecule has 1 heterocycles. The molecule has 0 spiro atoms. The topological polar surface area (TPSA) is 58.6 Å². The van der Waals surface area contributed by atoms with Crippen LogP contribution in [0, 0.1) is 6.92 Å². The number of carbonyl (C=O) groups is 2. The van der Waals surface area contributed by atoms with Gasteiger partial charge in [-0.1, -0.05) is 51.8 Å². The van der Waals surface area contributed by atoms with Crippen molar-refractivity contribution in [1.29, 1.82) is 0 Å². The van der Waals surface area contributed by atoms with E-state index in [0.29, 0.717) is 17.9 Å². The molecule has 2 aromatic carbocycles. The van der Waals surface area contributed by atoms with E-state index in [1.54, 1.807) is 6.08 Å². The van der Waals surface area contributed by atoms with Crippen LogP contribution in [-0.2, 0) is 11.4 Å². The van der Waals surface area contributed by atoms with E-state index >= 15 is 0 Å². The highest BCUT2D eigenvalue weighted by atomic mass is 79.9. The highest BCUT2D eigenvalue weighted by Gasteiger charge is 2.32. The molecule has 2 aromatic rings. The molecule has 0 bridgehead atoms. The SMILES string of the molecule is C=CCN1C(=O)N/C(=C/c2cc(Br)ccc2OCc2ccc(C)cc2)C1=O. The molecule has 6 heteroatoms. The third-order valence-electron chi connectivity index (χ3n) is 4.06. The summed E-state index contributed by atoms with van der Waals surface area (Å²) in [4.78, 5) is 25.4. The number of halogens is 1. The zero-order chi connectivity index (χ0) is 19.4. The van der Waals surface area contributed by atoms with Gasteiger partial charge in [-0.25, -0.2) is 4.79 Å². The molecular weight excluding hydrogens is 408 g/mol. The number of benzene rings is 2. The van der Waals surface area contributed by atoms with Gasteiger partial charge in [-0.15, -0.1) is 6.58 Å². The molecule has 1 saturated heterocycles. The maximum Gasteiger partial charge on any atom is 0.329 e. The summed E-state index contributed by atoms with van der Waals surface area (Å²) in [5, 5.41) is 2.59. The van der Waals surface area contributed by atoms with Crippen LogP contribution in [0.2, 0.25) is 0 Å². The van der Waals surface area contributed by atoms with Gasteiger partial charge >= 0.3 is 6.03 Å². The van der Waals surface area contributed by atoms with Gasteiger partial charge < -0.3 is 10.1 Å². The number of urea groups is 1. The predicted molar refractivity (Wildman–Crippen MR) is 108 cm³/mol. The van der Waals surface area contributed by atoms with E-state index in [2.05, 4.69) is 27.8 Å². The van der Waals surface area contributed by atoms with Crippen molar-refractivity contribution >= 4 is 33.9 Å². The smallest absolute Gasteiger partial charge is 0.329 e. The number of imide groups is 1. The van der Waals surface area contributed by atoms with Crippen LogP contribution in [0.15, 0.2) is 65.3 Å². The van der Waals surface area contributed by atoms with E-state index in [4.69, 9.17) is 4.74 Å². The second-order valence-corrected chi connectivity index (χ2v) is 7.06. The highest BCUT2D eigenvalue weighted by molar-refractivity contribution is 9.10. The Kier molecular flexibility index (Phi) is 5.76. The summed E-state index contributed by atoms with van der Waals surface area (Å²) in [5.41, 5.74) is 3.14. The maximum atomic E-state index is 12.4. The predicted octanol–water partition coefficient (Wildman–Crippen LogP) is 4.42. The first kappa shape index (κ1) is 18.9. The van der Waals surface area contributed by atoms with Gasteiger partial charge in [-0.2, -0.15) is 0 Å². The molecule has 0 aromatic heterocycles. The van der Waals surface area contributed by atoms with Crippen LogP contribution in [0.5, 0.6) is 5.75 Å². The minimum absolute atomic E-state index is 0.164. The standard InChI is InChI=1S/C21H19BrN2O3/c1-3-10-24-20(25)18(23-21(24)26)12-16-11-17(22)8-9-19(16)27-13-15-6-4-14(2)5-7-15/h3-9,11-12H,1,10,13H2,2H3,(H,23,26)/b18-12+. The second-order valence-electron chi connectivity index (χ2n) is 6.15. The molecule has 1 aliphatic rings. The second kappa shape index (κ2) is 8.22. The molecule has 138 valence electrons. The minimum atomic E-state index is -0.455. The number of rotatable bonds is 6. The van der Waals surface area contributed by atoms with Gasteiger partial charge in [0, 0.05) is 16.6 Å². The number of carbonyl (C=O) groups excluding carboxylic acids is 2. The van der Waals surface area contributed by atoms with Crippen molar-refractivity contribution in [2.24, 2.45) is 0 Å². The van der Waals surface area contributed by atoms with E-state index < -0.39 is 6.03 Å². The summed E-state index contributed by atoms with van der Waals surface area (Å²) in [6, 6.07) is 13.2. The van der Waals surface area contributed by atoms with Crippen LogP contribution in [0.1, 0.15) is 16.7 Å². The molecule has 5 nitrogen and oxygen atoms in total. The van der Waals surface area contributed by atoms with Crippen molar-refractivity contribution in [2.45, 2.75) is 13.5 Å². The number of ether oxygens (including phenoxy) is 1. The van der Waals surface area contributed by atoms with Gasteiger partial charge in [0.15, 0.2) is 0 Å². The van der Waals surface area contributed by atoms with E-state index in [1.165, 1.54) is 11.6 Å². The largest absolute Gasteiger partial charge is 0.488 e. The number of aryl methyl sites for hydroxylation is 1. The number of nitrogens with zero attached hydrogens (tertiary/aromatic N) is 1. The molecular formula is C21H19BrN2O3. The zero-order valence-electron chi connectivity index (χ0n) is 14.9. The quantitative estimate of drug-likeness (QED) is 0.422. The molecule has 27 heavy (non-hydrogen) atoms. The lowest BCUT2D eigenvalue weighted by Crippen LogP contribution is -2.30. The number of hydrogen-bond donors (Lipinski definition) is 1. The maximum absolute atomic E-state index is 12.4. The summed E-state index contributed by atoms with van der Waals surface area (Å²) in [7, 11) is 0. The normalized spacial score (nSPS) is 15.2. The molecule has 0 unspecified atom stereocenters. The molecule has 0 aliphatic carbocycles. The third-order valence-corrected chi connectivity index (χ3v) is 4.55. The molecule has 0 saturated carbocycles. The average molecular weight is 427 g/mol. The number of hydrogen-bond acceptors (Lipinski definition) is 3. The van der Waals surface area contributed by atoms with Crippen LogP contribution in [0.25, 0.3) is 6.08 Å². The van der Waals surface area contributed by atoms with E-state index in [-0.39, 0.29) is 18.1 Å². The Morgan fingerprint density at radius 3 is 2.63 bits per heavy atom. The van der Waals surface area contributed by atoms with Crippen molar-refractivity contribution in [2.75, 3.05) is 6.54 Å². The van der Waals surface area contributed by atoms with Crippen molar-refractivity contribution in [1.82, 2.24) is 10.2 Å². The van der Waals surface area contributed by atoms with Crippen LogP contribution in [0.4, 0.5) is 4.79 Å². The van der Waals surface area contributed by atoms with Gasteiger partial charge in [-0.3, -0.25) is 9.69 Å². The van der Waals surface area contributed by atoms with Crippen LogP contribution < -0.4 is 10.1 Å². The van der Waals surface area contributed by atoms with Gasteiger partial charge in [-0.05, 0) is 36.8 Å². The van der Waals surface area contributed by atoms with Gasteiger partial charge in [0.2, 0.25) is 0 Å². The van der Waals surface area contributed by atoms with E-state index in [0.717, 1.165) is 14.9 Å². The summed E-state index contributed by atoms with van der Waals surface area (Å²) < 4.78 is 6.79. The summed E-state index contributed by atoms with van der Waals surface area (Å²) >= 11 is 3.43. The summed E-state index contributed by atoms with van der Waals surface area (Å²) in [5.74, 6) is 0.236. The molecule has 0 atom stereocenters. The molecule has 1 N–H and O–H groups in total. The summed E-state index contributed by atoms with van der Waals surface area (Å²) in [6.07, 6.45) is 3.13. The number of amides is 3. The monoisotopic (exact) mass is 426 g/mol. The Labute approximate surface area is 166 Å². The third kappa shape index (κ3) is 4.46. The van der Waals surface area contributed by atoms with Crippen molar-refractivity contribution in [3.05, 3.63) is 82.0 Å². The Bertz CT molecular complexity index is 920. The lowest BCUT2D eigenvalue weighted by atomic mass is 10.1. The minimum Gasteiger partial charge on any atom is -0.488 e. The molecule has 3 rings (SSSR count). The van der Waals surface area contributed by atoms with Crippen LogP contribution >= 0.6 is 15.9 Å². The fraction of sp³-hybridized carbons (Fsp3) is 0.143. The molecule has 1 aliphatic heterocycles. The first-order valence-corrected chi connectivity index (χ1v) is 9.20. The highest BCUT2D eigenvalue weighted by Crippen LogP contribution is 2.27. The first-order valence-electron chi connectivity index (χ1n) is 8.41. The Balaban J connectivity index is 1.84. The Morgan fingerprint density at radius 2 is 1.93 bits per heavy atom. The van der Waals surface area contributed by atoms with Crippen LogP contribution in [-0.4, -0.2) is 23.4 Å². The molecule has 1 fully saturated rings. The van der Waals surface area contributed by atoms with Crippen LogP contribution in [0.3, 0.4) is 0 Å². The summed E-state index contributed by atoms with van der Waals surface area (Å²) in [6.45, 7) is 6.17. The number of nitrogens with one attached hydrogen (secondary N) is 1. The molecule has 0 radical (unpaired) electrons. The van der Waals surface area contributed by atoms with Gasteiger partial charge in [0.25, 0.3) is 5.91 Å². The average Bonchev–Trinajstić information content (AvgIpc) is 2.90. The first-order chi connectivity index (χ1) is 13.0. The Hall–Kier alpha value is -2.86. The van der Waals surface area contributed by atoms with E-state index in [1.807, 2.05) is 49.4 Å². The van der Waals surface area contributed by atoms with E-state index in [9.17, 15) is 9.59 Å². The Morgan fingerprint density at radius 1 is 1.19 bits per heavy atom. The van der Waals surface area contributed by atoms with Crippen molar-refractivity contribution in [3.63, 3.8) is 0 Å². The van der Waals surface area contributed by atoms with Gasteiger partial charge in [0.05, 0.1) is 0 Å². The van der Waals surface area contributed by atoms with Crippen molar-refractivity contribution < 1.29 is 14.3 Å². The molecule has 3 amide bonds. The fourth-order valence-corrected chi connectivity index (χ4v) is 3.01. The lowest BCUT2D eigenvalue weighted by Gasteiger charge is -2.11. The lowest BCUT2D eigenvalue weighted by molar-refractivity contribution is -0.122. The fourth-order valence-electron chi connectivity index (χ4n) is 2.63. The van der Waals surface area contributed by atoms with Crippen molar-refractivity contribution in [3.8, 4) is 5.75 Å². The zero-order valence-corrected chi connectivity index (χ0v) is 16.5.